The summed E-state index contributed by atoms with van der Waals surface area (Å²) in [7, 11) is 1.63. The Hall–Kier alpha value is -3.15. The molecule has 0 aliphatic heterocycles. The van der Waals surface area contributed by atoms with E-state index in [-0.39, 0.29) is 5.91 Å². The van der Waals surface area contributed by atoms with Gasteiger partial charge in [-0.05, 0) is 30.5 Å². The molecule has 6 heteroatoms. The molecule has 0 bridgehead atoms. The van der Waals surface area contributed by atoms with Crippen molar-refractivity contribution >= 4 is 5.91 Å². The highest BCUT2D eigenvalue weighted by Crippen LogP contribution is 2.21. The number of unbranched alkanes of at least 4 members (excludes halogenated alkanes) is 1. The van der Waals surface area contributed by atoms with E-state index in [9.17, 15) is 4.79 Å². The van der Waals surface area contributed by atoms with Crippen LogP contribution in [0.3, 0.4) is 0 Å². The van der Waals surface area contributed by atoms with Crippen LogP contribution < -0.4 is 4.74 Å². The van der Waals surface area contributed by atoms with Crippen molar-refractivity contribution in [2.45, 2.75) is 39.0 Å². The predicted molar refractivity (Wildman–Crippen MR) is 116 cm³/mol. The van der Waals surface area contributed by atoms with E-state index in [1.165, 1.54) is 5.56 Å². The van der Waals surface area contributed by atoms with Crippen molar-refractivity contribution in [3.05, 3.63) is 66.1 Å². The molecule has 0 radical (unpaired) electrons. The molecule has 2 aromatic carbocycles. The first-order chi connectivity index (χ1) is 14.7. The Morgan fingerprint density at radius 3 is 2.67 bits per heavy atom. The van der Waals surface area contributed by atoms with Crippen LogP contribution in [-0.4, -0.2) is 41.1 Å². The maximum atomic E-state index is 12.8. The quantitative estimate of drug-likeness (QED) is 0.466. The SMILES string of the molecule is CCCCN(CCc1nc(-c2cccc(OC)c2)no1)C(=O)CCc1ccccc1. The third kappa shape index (κ3) is 6.17. The van der Waals surface area contributed by atoms with E-state index < -0.39 is 0 Å². The van der Waals surface area contributed by atoms with Crippen LogP contribution in [0.25, 0.3) is 11.4 Å². The summed E-state index contributed by atoms with van der Waals surface area (Å²) in [6.45, 7) is 3.46. The predicted octanol–water partition coefficient (Wildman–Crippen LogP) is 4.55. The van der Waals surface area contributed by atoms with Crippen LogP contribution in [0, 0.1) is 0 Å². The van der Waals surface area contributed by atoms with E-state index in [1.807, 2.05) is 47.4 Å². The van der Waals surface area contributed by atoms with Gasteiger partial charge in [0, 0.05) is 31.5 Å². The fourth-order valence-electron chi connectivity index (χ4n) is 3.23. The number of benzene rings is 2. The second-order valence-electron chi connectivity index (χ2n) is 7.21. The van der Waals surface area contributed by atoms with Gasteiger partial charge in [-0.15, -0.1) is 0 Å². The average Bonchev–Trinajstić information content (AvgIpc) is 3.27. The topological polar surface area (TPSA) is 68.5 Å². The normalized spacial score (nSPS) is 10.7. The van der Waals surface area contributed by atoms with Gasteiger partial charge in [0.1, 0.15) is 5.75 Å². The molecule has 0 saturated carbocycles. The van der Waals surface area contributed by atoms with Crippen molar-refractivity contribution < 1.29 is 14.1 Å². The summed E-state index contributed by atoms with van der Waals surface area (Å²) in [6, 6.07) is 17.7. The lowest BCUT2D eigenvalue weighted by molar-refractivity contribution is -0.131. The van der Waals surface area contributed by atoms with E-state index in [0.29, 0.717) is 31.1 Å². The first-order valence-electron chi connectivity index (χ1n) is 10.5. The summed E-state index contributed by atoms with van der Waals surface area (Å²) in [6.07, 6.45) is 3.83. The zero-order valence-corrected chi connectivity index (χ0v) is 17.7. The van der Waals surface area contributed by atoms with Crippen molar-refractivity contribution in [2.24, 2.45) is 0 Å². The van der Waals surface area contributed by atoms with Gasteiger partial charge in [0.2, 0.25) is 17.6 Å². The minimum absolute atomic E-state index is 0.167. The molecule has 0 spiro atoms. The molecule has 1 aromatic heterocycles. The van der Waals surface area contributed by atoms with Crippen molar-refractivity contribution in [1.82, 2.24) is 15.0 Å². The smallest absolute Gasteiger partial charge is 0.228 e. The molecule has 30 heavy (non-hydrogen) atoms. The fraction of sp³-hybridized carbons (Fsp3) is 0.375. The summed E-state index contributed by atoms with van der Waals surface area (Å²) < 4.78 is 10.7. The van der Waals surface area contributed by atoms with E-state index in [2.05, 4.69) is 29.2 Å². The molecule has 0 fully saturated rings. The maximum Gasteiger partial charge on any atom is 0.228 e. The molecule has 0 atom stereocenters. The van der Waals surface area contributed by atoms with Gasteiger partial charge in [-0.25, -0.2) is 0 Å². The second kappa shape index (κ2) is 11.1. The van der Waals surface area contributed by atoms with Crippen LogP contribution in [0.1, 0.15) is 37.6 Å². The van der Waals surface area contributed by atoms with Crippen molar-refractivity contribution in [1.29, 1.82) is 0 Å². The lowest BCUT2D eigenvalue weighted by atomic mass is 10.1. The molecule has 6 nitrogen and oxygen atoms in total. The van der Waals surface area contributed by atoms with E-state index in [0.717, 1.165) is 37.1 Å². The maximum absolute atomic E-state index is 12.8. The zero-order chi connectivity index (χ0) is 21.2. The number of carbonyl (C=O) groups excluding carboxylic acids is 1. The summed E-state index contributed by atoms with van der Waals surface area (Å²) in [5.41, 5.74) is 2.02. The summed E-state index contributed by atoms with van der Waals surface area (Å²) in [5, 5.41) is 4.08. The molecule has 1 amide bonds. The van der Waals surface area contributed by atoms with E-state index in [4.69, 9.17) is 9.26 Å². The van der Waals surface area contributed by atoms with Crippen molar-refractivity contribution in [3.8, 4) is 17.1 Å². The number of carbonyl (C=O) groups is 1. The number of aromatic nitrogens is 2. The van der Waals surface area contributed by atoms with Crippen LogP contribution in [0.5, 0.6) is 5.75 Å². The van der Waals surface area contributed by atoms with Crippen LogP contribution >= 0.6 is 0 Å². The van der Waals surface area contributed by atoms with Crippen molar-refractivity contribution in [3.63, 3.8) is 0 Å². The summed E-state index contributed by atoms with van der Waals surface area (Å²) >= 11 is 0. The highest BCUT2D eigenvalue weighted by Gasteiger charge is 2.16. The molecule has 1 heterocycles. The van der Waals surface area contributed by atoms with Gasteiger partial charge in [0.25, 0.3) is 0 Å². The molecule has 3 rings (SSSR count). The number of hydrogen-bond acceptors (Lipinski definition) is 5. The Labute approximate surface area is 177 Å². The molecule has 0 aliphatic rings. The highest BCUT2D eigenvalue weighted by atomic mass is 16.5. The Morgan fingerprint density at radius 1 is 1.07 bits per heavy atom. The molecule has 0 unspecified atom stereocenters. The van der Waals surface area contributed by atoms with Gasteiger partial charge in [-0.1, -0.05) is 61.0 Å². The van der Waals surface area contributed by atoms with E-state index >= 15 is 0 Å². The Balaban J connectivity index is 1.58. The van der Waals surface area contributed by atoms with Gasteiger partial charge in [-0.3, -0.25) is 4.79 Å². The molecule has 3 aromatic rings. The van der Waals surface area contributed by atoms with Gasteiger partial charge in [0.15, 0.2) is 0 Å². The Bertz CT molecular complexity index is 924. The molecule has 0 saturated heterocycles. The zero-order valence-electron chi connectivity index (χ0n) is 17.7. The largest absolute Gasteiger partial charge is 0.497 e. The molecule has 0 N–H and O–H groups in total. The Morgan fingerprint density at radius 2 is 1.90 bits per heavy atom. The number of rotatable bonds is 11. The number of ether oxygens (including phenoxy) is 1. The van der Waals surface area contributed by atoms with Crippen LogP contribution in [-0.2, 0) is 17.6 Å². The lowest BCUT2D eigenvalue weighted by Crippen LogP contribution is -2.34. The fourth-order valence-corrected chi connectivity index (χ4v) is 3.23. The molecule has 158 valence electrons. The molecule has 0 aliphatic carbocycles. The number of methoxy groups -OCH3 is 1. The summed E-state index contributed by atoms with van der Waals surface area (Å²) in [5.74, 6) is 1.97. The number of aryl methyl sites for hydroxylation is 1. The minimum atomic E-state index is 0.167. The van der Waals surface area contributed by atoms with Gasteiger partial charge < -0.3 is 14.2 Å². The highest BCUT2D eigenvalue weighted by molar-refractivity contribution is 5.76. The molecular formula is C24H29N3O3. The monoisotopic (exact) mass is 407 g/mol. The Kier molecular flexibility index (Phi) is 8.01. The summed E-state index contributed by atoms with van der Waals surface area (Å²) in [4.78, 5) is 19.2. The van der Waals surface area contributed by atoms with Crippen LogP contribution in [0.4, 0.5) is 0 Å². The number of nitrogens with zero attached hydrogens (tertiary/aromatic N) is 3. The van der Waals surface area contributed by atoms with Gasteiger partial charge >= 0.3 is 0 Å². The second-order valence-corrected chi connectivity index (χ2v) is 7.21. The third-order valence-corrected chi connectivity index (χ3v) is 5.00. The first-order valence-corrected chi connectivity index (χ1v) is 10.5. The average molecular weight is 408 g/mol. The third-order valence-electron chi connectivity index (χ3n) is 5.00. The van der Waals surface area contributed by atoms with Crippen LogP contribution in [0.15, 0.2) is 59.1 Å². The first kappa shape index (κ1) is 21.6. The number of hydrogen-bond donors (Lipinski definition) is 0. The lowest BCUT2D eigenvalue weighted by Gasteiger charge is -2.22. The van der Waals surface area contributed by atoms with Gasteiger partial charge in [-0.2, -0.15) is 4.98 Å². The standard InChI is InChI=1S/C24H29N3O3/c1-3-4-16-27(23(28)14-13-19-9-6-5-7-10-19)17-15-22-25-24(26-30-22)20-11-8-12-21(18-20)29-2/h5-12,18H,3-4,13-17H2,1-2H3. The van der Waals surface area contributed by atoms with Crippen LogP contribution in [0.2, 0.25) is 0 Å². The molecular weight excluding hydrogens is 378 g/mol. The number of amides is 1. The van der Waals surface area contributed by atoms with E-state index in [1.54, 1.807) is 7.11 Å². The minimum Gasteiger partial charge on any atom is -0.497 e. The van der Waals surface area contributed by atoms with Crippen molar-refractivity contribution in [2.75, 3.05) is 20.2 Å². The van der Waals surface area contributed by atoms with Gasteiger partial charge in [0.05, 0.1) is 7.11 Å².